The largest absolute Gasteiger partial charge is 0.316 e. The van der Waals surface area contributed by atoms with Crippen LogP contribution in [0, 0.1) is 23.5 Å². The fraction of sp³-hybridized carbons (Fsp3) is 0.647. The van der Waals surface area contributed by atoms with E-state index in [0.717, 1.165) is 12.3 Å². The Bertz CT molecular complexity index is 413. The summed E-state index contributed by atoms with van der Waals surface area (Å²) in [7, 11) is 1.90. The molecule has 20 heavy (non-hydrogen) atoms. The summed E-state index contributed by atoms with van der Waals surface area (Å²) in [6.07, 6.45) is 6.53. The van der Waals surface area contributed by atoms with E-state index in [9.17, 15) is 8.78 Å². The van der Waals surface area contributed by atoms with Crippen LogP contribution < -0.4 is 5.32 Å². The highest BCUT2D eigenvalue weighted by molar-refractivity contribution is 5.21. The van der Waals surface area contributed by atoms with Crippen molar-refractivity contribution in [3.8, 4) is 0 Å². The molecule has 2 rings (SSSR count). The lowest BCUT2D eigenvalue weighted by atomic mass is 9.75. The first-order chi connectivity index (χ1) is 9.65. The predicted molar refractivity (Wildman–Crippen MR) is 78.6 cm³/mol. The quantitative estimate of drug-likeness (QED) is 0.848. The Hall–Kier alpha value is -0.960. The summed E-state index contributed by atoms with van der Waals surface area (Å²) in [6, 6.07) is 4.29. The van der Waals surface area contributed by atoms with Crippen LogP contribution in [-0.4, -0.2) is 13.1 Å². The molecule has 1 aromatic rings. The normalized spacial score (nSPS) is 24.6. The zero-order valence-corrected chi connectivity index (χ0v) is 12.5. The summed E-state index contributed by atoms with van der Waals surface area (Å²) in [4.78, 5) is 0. The Kier molecular flexibility index (Phi) is 5.53. The molecule has 1 aliphatic carbocycles. The molecule has 1 N–H and O–H groups in total. The minimum atomic E-state index is -0.423. The zero-order chi connectivity index (χ0) is 14.5. The number of benzene rings is 1. The SMILES string of the molecule is CCC1CCCC(C(Cc2c(F)cccc2F)NC)C1. The van der Waals surface area contributed by atoms with Crippen LogP contribution in [0.2, 0.25) is 0 Å². The highest BCUT2D eigenvalue weighted by Crippen LogP contribution is 2.34. The van der Waals surface area contributed by atoms with E-state index in [1.54, 1.807) is 0 Å². The molecule has 0 aromatic heterocycles. The minimum absolute atomic E-state index is 0.163. The third-order valence-corrected chi connectivity index (χ3v) is 4.83. The van der Waals surface area contributed by atoms with E-state index in [-0.39, 0.29) is 11.6 Å². The van der Waals surface area contributed by atoms with Gasteiger partial charge in [0, 0.05) is 11.6 Å². The van der Waals surface area contributed by atoms with Gasteiger partial charge < -0.3 is 5.32 Å². The second kappa shape index (κ2) is 7.16. The molecule has 0 saturated heterocycles. The van der Waals surface area contributed by atoms with Gasteiger partial charge in [0.25, 0.3) is 0 Å². The Morgan fingerprint density at radius 2 is 1.95 bits per heavy atom. The maximum absolute atomic E-state index is 13.8. The van der Waals surface area contributed by atoms with Crippen LogP contribution in [-0.2, 0) is 6.42 Å². The van der Waals surface area contributed by atoms with E-state index in [0.29, 0.717) is 12.3 Å². The minimum Gasteiger partial charge on any atom is -0.316 e. The molecule has 0 radical (unpaired) electrons. The Labute approximate surface area is 120 Å². The Morgan fingerprint density at radius 1 is 1.25 bits per heavy atom. The summed E-state index contributed by atoms with van der Waals surface area (Å²) >= 11 is 0. The van der Waals surface area contributed by atoms with Gasteiger partial charge in [-0.25, -0.2) is 8.78 Å². The standard InChI is InChI=1S/C17H25F2N/c1-3-12-6-4-7-13(10-12)17(20-2)11-14-15(18)8-5-9-16(14)19/h5,8-9,12-13,17,20H,3-4,6-7,10-11H2,1-2H3. The maximum atomic E-state index is 13.8. The maximum Gasteiger partial charge on any atom is 0.129 e. The molecule has 112 valence electrons. The highest BCUT2D eigenvalue weighted by atomic mass is 19.1. The molecule has 1 nitrogen and oxygen atoms in total. The van der Waals surface area contributed by atoms with E-state index in [1.165, 1.54) is 43.9 Å². The van der Waals surface area contributed by atoms with Crippen molar-refractivity contribution in [3.63, 3.8) is 0 Å². The Balaban J connectivity index is 2.08. The fourth-order valence-electron chi connectivity index (χ4n) is 3.52. The van der Waals surface area contributed by atoms with Crippen LogP contribution in [0.15, 0.2) is 18.2 Å². The van der Waals surface area contributed by atoms with E-state index >= 15 is 0 Å². The molecular weight excluding hydrogens is 256 g/mol. The number of likely N-dealkylation sites (N-methyl/N-ethyl adjacent to an activating group) is 1. The molecule has 3 atom stereocenters. The van der Waals surface area contributed by atoms with Crippen molar-refractivity contribution >= 4 is 0 Å². The van der Waals surface area contributed by atoms with Gasteiger partial charge in [-0.05, 0) is 50.3 Å². The molecule has 1 aliphatic rings. The third kappa shape index (κ3) is 3.57. The van der Waals surface area contributed by atoms with Crippen LogP contribution in [0.4, 0.5) is 8.78 Å². The molecule has 0 spiro atoms. The van der Waals surface area contributed by atoms with Crippen molar-refractivity contribution < 1.29 is 8.78 Å². The summed E-state index contributed by atoms with van der Waals surface area (Å²) in [5.74, 6) is 0.453. The predicted octanol–water partition coefficient (Wildman–Crippen LogP) is 4.31. The molecular formula is C17H25F2N. The van der Waals surface area contributed by atoms with Crippen LogP contribution in [0.3, 0.4) is 0 Å². The van der Waals surface area contributed by atoms with E-state index in [1.807, 2.05) is 7.05 Å². The van der Waals surface area contributed by atoms with Gasteiger partial charge >= 0.3 is 0 Å². The number of halogens is 2. The number of rotatable bonds is 5. The van der Waals surface area contributed by atoms with Crippen LogP contribution in [0.1, 0.15) is 44.6 Å². The molecule has 1 fully saturated rings. The Morgan fingerprint density at radius 3 is 2.55 bits per heavy atom. The molecule has 1 saturated carbocycles. The van der Waals surface area contributed by atoms with Gasteiger partial charge in [0.05, 0.1) is 0 Å². The second-order valence-electron chi connectivity index (χ2n) is 6.00. The third-order valence-electron chi connectivity index (χ3n) is 4.83. The van der Waals surface area contributed by atoms with Crippen molar-refractivity contribution in [2.24, 2.45) is 11.8 Å². The lowest BCUT2D eigenvalue weighted by Gasteiger charge is -2.34. The van der Waals surface area contributed by atoms with Gasteiger partial charge in [-0.3, -0.25) is 0 Å². The average molecular weight is 281 g/mol. The lowest BCUT2D eigenvalue weighted by molar-refractivity contribution is 0.211. The van der Waals surface area contributed by atoms with E-state index in [2.05, 4.69) is 12.2 Å². The topological polar surface area (TPSA) is 12.0 Å². The number of nitrogens with one attached hydrogen (secondary N) is 1. The molecule has 0 amide bonds. The van der Waals surface area contributed by atoms with Gasteiger partial charge in [-0.15, -0.1) is 0 Å². The van der Waals surface area contributed by atoms with E-state index < -0.39 is 11.6 Å². The van der Waals surface area contributed by atoms with Crippen molar-refractivity contribution in [2.45, 2.75) is 51.5 Å². The van der Waals surface area contributed by atoms with Crippen LogP contribution in [0.5, 0.6) is 0 Å². The molecule has 3 heteroatoms. The number of hydrogen-bond acceptors (Lipinski definition) is 1. The summed E-state index contributed by atoms with van der Waals surface area (Å²) in [5.41, 5.74) is 0.227. The van der Waals surface area contributed by atoms with Crippen molar-refractivity contribution in [2.75, 3.05) is 7.05 Å². The van der Waals surface area contributed by atoms with Crippen LogP contribution >= 0.6 is 0 Å². The molecule has 3 unspecified atom stereocenters. The van der Waals surface area contributed by atoms with Gasteiger partial charge in [0.15, 0.2) is 0 Å². The van der Waals surface area contributed by atoms with Crippen LogP contribution in [0.25, 0.3) is 0 Å². The summed E-state index contributed by atoms with van der Waals surface area (Å²) in [5, 5.41) is 3.29. The van der Waals surface area contributed by atoms with Gasteiger partial charge in [0.2, 0.25) is 0 Å². The first kappa shape index (κ1) is 15.4. The highest BCUT2D eigenvalue weighted by Gasteiger charge is 2.28. The first-order valence-electron chi connectivity index (χ1n) is 7.75. The van der Waals surface area contributed by atoms with Gasteiger partial charge in [-0.2, -0.15) is 0 Å². The van der Waals surface area contributed by atoms with E-state index in [4.69, 9.17) is 0 Å². The van der Waals surface area contributed by atoms with Gasteiger partial charge in [0.1, 0.15) is 11.6 Å². The van der Waals surface area contributed by atoms with Crippen molar-refractivity contribution in [3.05, 3.63) is 35.4 Å². The smallest absolute Gasteiger partial charge is 0.129 e. The van der Waals surface area contributed by atoms with Crippen molar-refractivity contribution in [1.82, 2.24) is 5.32 Å². The second-order valence-corrected chi connectivity index (χ2v) is 6.00. The summed E-state index contributed by atoms with van der Waals surface area (Å²) < 4.78 is 27.6. The average Bonchev–Trinajstić information content (AvgIpc) is 2.47. The monoisotopic (exact) mass is 281 g/mol. The molecule has 0 aliphatic heterocycles. The first-order valence-corrected chi connectivity index (χ1v) is 7.75. The lowest BCUT2D eigenvalue weighted by Crippen LogP contribution is -2.38. The molecule has 0 bridgehead atoms. The van der Waals surface area contributed by atoms with Crippen molar-refractivity contribution in [1.29, 1.82) is 0 Å². The van der Waals surface area contributed by atoms with Gasteiger partial charge in [-0.1, -0.05) is 32.3 Å². The molecule has 1 aromatic carbocycles. The molecule has 0 heterocycles. The fourth-order valence-corrected chi connectivity index (χ4v) is 3.52. The zero-order valence-electron chi connectivity index (χ0n) is 12.5. The summed E-state index contributed by atoms with van der Waals surface area (Å²) in [6.45, 7) is 2.23. The number of hydrogen-bond donors (Lipinski definition) is 1.